The molecule has 94 valence electrons. The molecule has 3 nitrogen and oxygen atoms in total. The Balaban J connectivity index is 2.46. The molecule has 0 bridgehead atoms. The fourth-order valence-electron chi connectivity index (χ4n) is 1.84. The van der Waals surface area contributed by atoms with Gasteiger partial charge in [0.2, 0.25) is 0 Å². The van der Waals surface area contributed by atoms with Gasteiger partial charge in [-0.3, -0.25) is 4.99 Å². The molecule has 1 aliphatic rings. The van der Waals surface area contributed by atoms with E-state index in [2.05, 4.69) is 49.3 Å². The molecule has 0 aromatic rings. The van der Waals surface area contributed by atoms with Crippen LogP contribution in [0.5, 0.6) is 0 Å². The highest BCUT2D eigenvalue weighted by Gasteiger charge is 2.24. The first-order valence-electron chi connectivity index (χ1n) is 5.97. The number of nitrogens with one attached hydrogen (secondary N) is 1. The highest BCUT2D eigenvalue weighted by atomic mass is 32.2. The van der Waals surface area contributed by atoms with Crippen molar-refractivity contribution in [2.45, 2.75) is 32.4 Å². The highest BCUT2D eigenvalue weighted by Crippen LogP contribution is 2.28. The Labute approximate surface area is 104 Å². The molecule has 0 saturated heterocycles. The van der Waals surface area contributed by atoms with Crippen molar-refractivity contribution in [2.24, 2.45) is 10.4 Å². The van der Waals surface area contributed by atoms with Crippen LogP contribution in [0, 0.1) is 5.41 Å². The molecule has 0 amide bonds. The zero-order valence-electron chi connectivity index (χ0n) is 11.2. The molecule has 0 fully saturated rings. The van der Waals surface area contributed by atoms with Gasteiger partial charge >= 0.3 is 0 Å². The summed E-state index contributed by atoms with van der Waals surface area (Å²) in [6.45, 7) is 9.96. The average Bonchev–Trinajstić information content (AvgIpc) is 2.19. The molecule has 0 aliphatic carbocycles. The molecule has 1 heterocycles. The van der Waals surface area contributed by atoms with Gasteiger partial charge in [0.15, 0.2) is 5.96 Å². The largest absolute Gasteiger partial charge is 0.355 e. The molecule has 0 aromatic carbocycles. The first kappa shape index (κ1) is 13.7. The molecular formula is C12H25N3S. The lowest BCUT2D eigenvalue weighted by atomic mass is 9.91. The summed E-state index contributed by atoms with van der Waals surface area (Å²) in [6.07, 6.45) is 3.36. The summed E-state index contributed by atoms with van der Waals surface area (Å²) in [5.74, 6) is 1.06. The maximum atomic E-state index is 4.52. The highest BCUT2D eigenvalue weighted by molar-refractivity contribution is 7.99. The average molecular weight is 243 g/mol. The van der Waals surface area contributed by atoms with Crippen LogP contribution in [0.2, 0.25) is 0 Å². The second kappa shape index (κ2) is 5.80. The molecule has 1 rings (SSSR count). The van der Waals surface area contributed by atoms with Crippen LogP contribution in [0.1, 0.15) is 27.2 Å². The first-order valence-corrected chi connectivity index (χ1v) is 7.26. The molecule has 1 atom stereocenters. The Morgan fingerprint density at radius 3 is 2.69 bits per heavy atom. The van der Waals surface area contributed by atoms with E-state index in [1.54, 1.807) is 0 Å². The van der Waals surface area contributed by atoms with Crippen molar-refractivity contribution in [3.05, 3.63) is 0 Å². The third-order valence-electron chi connectivity index (χ3n) is 2.97. The fraction of sp³-hybridized carbons (Fsp3) is 0.917. The maximum Gasteiger partial charge on any atom is 0.193 e. The summed E-state index contributed by atoms with van der Waals surface area (Å²) in [7, 11) is 2.11. The standard InChI is InChI=1S/C12H25N3S/c1-12(2,3)10(16-5)9-14-11-13-7-6-8-15(11)4/h10H,6-9H2,1-5H3,(H,13,14). The van der Waals surface area contributed by atoms with Gasteiger partial charge in [0.1, 0.15) is 0 Å². The van der Waals surface area contributed by atoms with Gasteiger partial charge in [0.05, 0.1) is 0 Å². The number of thioether (sulfide) groups is 1. The van der Waals surface area contributed by atoms with Crippen molar-refractivity contribution in [3.8, 4) is 0 Å². The third-order valence-corrected chi connectivity index (χ3v) is 4.41. The molecule has 1 N–H and O–H groups in total. The first-order chi connectivity index (χ1) is 7.45. The van der Waals surface area contributed by atoms with Gasteiger partial charge in [-0.1, -0.05) is 20.8 Å². The number of rotatable bonds is 3. The molecule has 0 spiro atoms. The Kier molecular flexibility index (Phi) is 4.96. The zero-order valence-corrected chi connectivity index (χ0v) is 12.0. The molecule has 16 heavy (non-hydrogen) atoms. The minimum Gasteiger partial charge on any atom is -0.355 e. The lowest BCUT2D eigenvalue weighted by Gasteiger charge is -2.32. The summed E-state index contributed by atoms with van der Waals surface area (Å²) >= 11 is 1.93. The number of hydrogen-bond donors (Lipinski definition) is 1. The second-order valence-corrected chi connectivity index (χ2v) is 6.49. The van der Waals surface area contributed by atoms with E-state index in [0.29, 0.717) is 10.7 Å². The number of aliphatic imine (C=N–C) groups is 1. The van der Waals surface area contributed by atoms with Gasteiger partial charge in [0, 0.05) is 31.9 Å². The van der Waals surface area contributed by atoms with Crippen molar-refractivity contribution in [2.75, 3.05) is 32.9 Å². The van der Waals surface area contributed by atoms with Crippen molar-refractivity contribution in [1.82, 2.24) is 10.2 Å². The molecule has 4 heteroatoms. The predicted molar refractivity (Wildman–Crippen MR) is 74.3 cm³/mol. The van der Waals surface area contributed by atoms with Gasteiger partial charge in [-0.25, -0.2) is 0 Å². The number of nitrogens with zero attached hydrogens (tertiary/aromatic N) is 2. The lowest BCUT2D eigenvalue weighted by Crippen LogP contribution is -2.46. The Morgan fingerprint density at radius 2 is 2.19 bits per heavy atom. The fourth-order valence-corrected chi connectivity index (χ4v) is 2.79. The smallest absolute Gasteiger partial charge is 0.193 e. The third kappa shape index (κ3) is 3.89. The van der Waals surface area contributed by atoms with Crippen LogP contribution in [0.25, 0.3) is 0 Å². The summed E-state index contributed by atoms with van der Waals surface area (Å²) in [5.41, 5.74) is 0.334. The van der Waals surface area contributed by atoms with Gasteiger partial charge in [-0.2, -0.15) is 11.8 Å². The van der Waals surface area contributed by atoms with Crippen LogP contribution in [0.15, 0.2) is 4.99 Å². The monoisotopic (exact) mass is 243 g/mol. The van der Waals surface area contributed by atoms with E-state index in [-0.39, 0.29) is 0 Å². The SMILES string of the molecule is CSC(CNC1=NCCCN1C)C(C)(C)C. The van der Waals surface area contributed by atoms with Crippen LogP contribution in [0.3, 0.4) is 0 Å². The number of guanidine groups is 1. The Hall–Kier alpha value is -0.380. The quantitative estimate of drug-likeness (QED) is 0.822. The van der Waals surface area contributed by atoms with Crippen LogP contribution >= 0.6 is 11.8 Å². The summed E-state index contributed by atoms with van der Waals surface area (Å²) in [5, 5.41) is 4.10. The minimum atomic E-state index is 0.334. The van der Waals surface area contributed by atoms with Gasteiger partial charge in [-0.15, -0.1) is 0 Å². The second-order valence-electron chi connectivity index (χ2n) is 5.45. The van der Waals surface area contributed by atoms with E-state index >= 15 is 0 Å². The van der Waals surface area contributed by atoms with E-state index in [9.17, 15) is 0 Å². The molecule has 1 aliphatic heterocycles. The summed E-state index contributed by atoms with van der Waals surface area (Å²) in [4.78, 5) is 6.73. The van der Waals surface area contributed by atoms with Crippen LogP contribution in [-0.2, 0) is 0 Å². The molecule has 0 saturated carbocycles. The van der Waals surface area contributed by atoms with Crippen LogP contribution in [-0.4, -0.2) is 49.0 Å². The van der Waals surface area contributed by atoms with E-state index in [1.807, 2.05) is 11.8 Å². The summed E-state index contributed by atoms with van der Waals surface area (Å²) in [6, 6.07) is 0. The molecule has 1 unspecified atom stereocenters. The predicted octanol–water partition coefficient (Wildman–Crippen LogP) is 2.05. The van der Waals surface area contributed by atoms with Gasteiger partial charge in [-0.05, 0) is 18.1 Å². The van der Waals surface area contributed by atoms with E-state index in [1.165, 1.54) is 6.42 Å². The van der Waals surface area contributed by atoms with Crippen LogP contribution in [0.4, 0.5) is 0 Å². The van der Waals surface area contributed by atoms with Crippen molar-refractivity contribution in [1.29, 1.82) is 0 Å². The lowest BCUT2D eigenvalue weighted by molar-refractivity contribution is 0.382. The van der Waals surface area contributed by atoms with E-state index in [0.717, 1.165) is 25.6 Å². The van der Waals surface area contributed by atoms with Crippen molar-refractivity contribution in [3.63, 3.8) is 0 Å². The topological polar surface area (TPSA) is 27.6 Å². The molecule has 0 radical (unpaired) electrons. The van der Waals surface area contributed by atoms with Crippen LogP contribution < -0.4 is 5.32 Å². The van der Waals surface area contributed by atoms with E-state index in [4.69, 9.17) is 0 Å². The van der Waals surface area contributed by atoms with Crippen molar-refractivity contribution < 1.29 is 0 Å². The Bertz CT molecular complexity index is 245. The van der Waals surface area contributed by atoms with E-state index < -0.39 is 0 Å². The zero-order chi connectivity index (χ0) is 12.2. The molecule has 0 aromatic heterocycles. The van der Waals surface area contributed by atoms with Crippen molar-refractivity contribution >= 4 is 17.7 Å². The molecular weight excluding hydrogens is 218 g/mol. The Morgan fingerprint density at radius 1 is 1.50 bits per heavy atom. The number of hydrogen-bond acceptors (Lipinski definition) is 4. The van der Waals surface area contributed by atoms with Gasteiger partial charge < -0.3 is 10.2 Å². The normalized spacial score (nSPS) is 19.3. The minimum absolute atomic E-state index is 0.334. The summed E-state index contributed by atoms with van der Waals surface area (Å²) < 4.78 is 0. The maximum absolute atomic E-state index is 4.52. The van der Waals surface area contributed by atoms with Gasteiger partial charge in [0.25, 0.3) is 0 Å².